The maximum absolute atomic E-state index is 14.1. The molecule has 0 aliphatic heterocycles. The van der Waals surface area contributed by atoms with Gasteiger partial charge in [-0.1, -0.05) is 0 Å². The molecule has 1 aromatic rings. The number of alkyl halides is 29. The molecule has 50 heavy (non-hydrogen) atoms. The highest BCUT2D eigenvalue weighted by molar-refractivity contribution is 5.32. The zero-order chi connectivity index (χ0) is 41.0. The zero-order valence-corrected chi connectivity index (χ0v) is 21.7. The Morgan fingerprint density at radius 3 is 0.640 bits per heavy atom. The molecule has 0 unspecified atom stereocenters. The van der Waals surface area contributed by atoms with Gasteiger partial charge in [-0.25, -0.2) is 0 Å². The maximum atomic E-state index is 14.1. The van der Waals surface area contributed by atoms with Gasteiger partial charge in [0, 0.05) is 5.56 Å². The minimum absolute atomic E-state index is 0.180. The highest BCUT2D eigenvalue weighted by Gasteiger charge is 3.00. The summed E-state index contributed by atoms with van der Waals surface area (Å²) in [5, 5.41) is 8.84. The Bertz CT molecular complexity index is 1380. The molecule has 1 aromatic carbocycles. The molecule has 0 saturated carbocycles. The van der Waals surface area contributed by atoms with Crippen molar-refractivity contribution in [3.05, 3.63) is 29.8 Å². The Kier molecular flexibility index (Phi) is 10.1. The van der Waals surface area contributed by atoms with Gasteiger partial charge in [-0.2, -0.15) is 127 Å². The summed E-state index contributed by atoms with van der Waals surface area (Å²) >= 11 is 0. The standard InChI is InChI=1S/C20H5F29O/c21-7(22,5-1-3-6(50)4-2-5)8(23,24)9(25,26)10(27,28)11(29,30)12(31,32)13(33,34)14(35,36)15(37,38)16(39,40)17(41,42)18(43,44)19(45,46)20(47,48)49/h1-4,50H. The summed E-state index contributed by atoms with van der Waals surface area (Å²) in [5.74, 6) is -122. The van der Waals surface area contributed by atoms with Crippen molar-refractivity contribution in [2.24, 2.45) is 0 Å². The Morgan fingerprint density at radius 1 is 0.260 bits per heavy atom. The Hall–Kier alpha value is -3.01. The minimum atomic E-state index is -9.95. The molecule has 0 aromatic heterocycles. The fourth-order valence-electron chi connectivity index (χ4n) is 3.20. The number of benzene rings is 1. The molecule has 0 saturated heterocycles. The van der Waals surface area contributed by atoms with Gasteiger partial charge in [0.25, 0.3) is 0 Å². The summed E-state index contributed by atoms with van der Waals surface area (Å²) in [4.78, 5) is 0. The normalized spacial score (nSPS) is 16.6. The van der Waals surface area contributed by atoms with E-state index in [0.717, 1.165) is 0 Å². The first kappa shape index (κ1) is 45.0. The molecular formula is C20H5F29O. The molecule has 0 amide bonds. The molecule has 0 spiro atoms. The smallest absolute Gasteiger partial charge is 0.460 e. The summed E-state index contributed by atoms with van der Waals surface area (Å²) in [5.41, 5.74) is -2.77. The van der Waals surface area contributed by atoms with Gasteiger partial charge in [0.05, 0.1) is 0 Å². The van der Waals surface area contributed by atoms with Crippen LogP contribution in [0.4, 0.5) is 127 Å². The van der Waals surface area contributed by atoms with Gasteiger partial charge in [0.15, 0.2) is 0 Å². The lowest BCUT2D eigenvalue weighted by atomic mass is 9.83. The first-order chi connectivity index (χ1) is 21.2. The van der Waals surface area contributed by atoms with Gasteiger partial charge >= 0.3 is 83.2 Å². The summed E-state index contributed by atoms with van der Waals surface area (Å²) in [6.07, 6.45) is -8.30. The van der Waals surface area contributed by atoms with Gasteiger partial charge in [-0.05, 0) is 24.3 Å². The molecule has 1 N–H and O–H groups in total. The predicted octanol–water partition coefficient (Wildman–Crippen LogP) is 10.7. The Labute approximate surface area is 252 Å². The van der Waals surface area contributed by atoms with Gasteiger partial charge in [0.2, 0.25) is 0 Å². The number of phenolic OH excluding ortho intramolecular Hbond substituents is 1. The van der Waals surface area contributed by atoms with E-state index in [0.29, 0.717) is 0 Å². The molecule has 1 nitrogen and oxygen atoms in total. The molecule has 0 heterocycles. The third kappa shape index (κ3) is 5.15. The number of hydrogen-bond acceptors (Lipinski definition) is 1. The monoisotopic (exact) mass is 812 g/mol. The van der Waals surface area contributed by atoms with Crippen molar-refractivity contribution in [1.82, 2.24) is 0 Å². The molecule has 0 bridgehead atoms. The van der Waals surface area contributed by atoms with E-state index in [1.807, 2.05) is 0 Å². The van der Waals surface area contributed by atoms with E-state index in [1.165, 1.54) is 0 Å². The van der Waals surface area contributed by atoms with Crippen molar-refractivity contribution in [1.29, 1.82) is 0 Å². The summed E-state index contributed by atoms with van der Waals surface area (Å²) < 4.78 is 393. The van der Waals surface area contributed by atoms with Crippen LogP contribution in [-0.2, 0) is 5.92 Å². The van der Waals surface area contributed by atoms with Crippen LogP contribution in [0.5, 0.6) is 5.75 Å². The van der Waals surface area contributed by atoms with E-state index < -0.39 is 107 Å². The van der Waals surface area contributed by atoms with Crippen LogP contribution in [0.3, 0.4) is 0 Å². The average molecular weight is 812 g/mol. The number of aromatic hydroxyl groups is 1. The van der Waals surface area contributed by atoms with Crippen LogP contribution in [-0.4, -0.2) is 82.4 Å². The largest absolute Gasteiger partial charge is 0.508 e. The second kappa shape index (κ2) is 11.2. The van der Waals surface area contributed by atoms with Crippen LogP contribution in [0.1, 0.15) is 5.56 Å². The van der Waals surface area contributed by atoms with Crippen molar-refractivity contribution in [3.8, 4) is 5.75 Å². The Balaban J connectivity index is 3.98. The quantitative estimate of drug-likeness (QED) is 0.197. The predicted molar refractivity (Wildman–Crippen MR) is 97.4 cm³/mol. The number of halogens is 29. The van der Waals surface area contributed by atoms with E-state index in [1.54, 1.807) is 0 Å². The van der Waals surface area contributed by atoms with Crippen molar-refractivity contribution >= 4 is 0 Å². The summed E-state index contributed by atoms with van der Waals surface area (Å²) in [6.45, 7) is 0. The average Bonchev–Trinajstić information content (AvgIpc) is 2.91. The van der Waals surface area contributed by atoms with Gasteiger partial charge in [-0.15, -0.1) is 0 Å². The van der Waals surface area contributed by atoms with Gasteiger partial charge in [0.1, 0.15) is 5.75 Å². The van der Waals surface area contributed by atoms with E-state index in [4.69, 9.17) is 5.11 Å². The highest BCUT2D eigenvalue weighted by Crippen LogP contribution is 2.69. The van der Waals surface area contributed by atoms with Crippen LogP contribution < -0.4 is 0 Å². The molecule has 30 heteroatoms. The molecule has 294 valence electrons. The highest BCUT2D eigenvalue weighted by atomic mass is 19.4. The summed E-state index contributed by atoms with van der Waals surface area (Å²) in [6, 6.07) is -1.60. The van der Waals surface area contributed by atoms with Crippen LogP contribution >= 0.6 is 0 Å². The van der Waals surface area contributed by atoms with E-state index in [2.05, 4.69) is 0 Å². The van der Waals surface area contributed by atoms with Gasteiger partial charge < -0.3 is 5.11 Å². The fraction of sp³-hybridized carbons (Fsp3) is 0.700. The van der Waals surface area contributed by atoms with Crippen LogP contribution in [0.15, 0.2) is 24.3 Å². The van der Waals surface area contributed by atoms with Crippen LogP contribution in [0.2, 0.25) is 0 Å². The maximum Gasteiger partial charge on any atom is 0.460 e. The topological polar surface area (TPSA) is 20.2 Å². The Morgan fingerprint density at radius 2 is 0.440 bits per heavy atom. The number of hydrogen-bond donors (Lipinski definition) is 1. The third-order valence-electron chi connectivity index (χ3n) is 6.32. The second-order valence-corrected chi connectivity index (χ2v) is 9.51. The van der Waals surface area contributed by atoms with Crippen LogP contribution in [0.25, 0.3) is 0 Å². The van der Waals surface area contributed by atoms with Crippen molar-refractivity contribution in [3.63, 3.8) is 0 Å². The molecule has 0 atom stereocenters. The first-order valence-electron chi connectivity index (χ1n) is 11.0. The third-order valence-corrected chi connectivity index (χ3v) is 6.32. The van der Waals surface area contributed by atoms with Gasteiger partial charge in [-0.3, -0.25) is 0 Å². The number of phenols is 1. The molecule has 0 aliphatic carbocycles. The summed E-state index contributed by atoms with van der Waals surface area (Å²) in [7, 11) is 0. The lowest BCUT2D eigenvalue weighted by Gasteiger charge is -2.46. The van der Waals surface area contributed by atoms with Crippen LogP contribution in [0, 0.1) is 0 Å². The van der Waals surface area contributed by atoms with Crippen molar-refractivity contribution in [2.45, 2.75) is 83.2 Å². The van der Waals surface area contributed by atoms with Crippen molar-refractivity contribution < 1.29 is 132 Å². The number of rotatable bonds is 13. The van der Waals surface area contributed by atoms with E-state index in [9.17, 15) is 127 Å². The second-order valence-electron chi connectivity index (χ2n) is 9.51. The lowest BCUT2D eigenvalue weighted by Crippen LogP contribution is -2.79. The van der Waals surface area contributed by atoms with E-state index in [-0.39, 0.29) is 12.1 Å². The van der Waals surface area contributed by atoms with E-state index >= 15 is 0 Å². The molecular weight excluding hydrogens is 807 g/mol. The first-order valence-corrected chi connectivity index (χ1v) is 11.0. The minimum Gasteiger partial charge on any atom is -0.508 e. The lowest BCUT2D eigenvalue weighted by molar-refractivity contribution is -0.487. The molecule has 1 rings (SSSR count). The SMILES string of the molecule is Oc1ccc(C(F)(F)C(F)(F)C(F)(F)C(F)(F)C(F)(F)C(F)(F)C(F)(F)C(F)(F)C(F)(F)C(F)(F)C(F)(F)C(F)(F)C(F)(F)C(F)(F)F)cc1. The molecule has 0 aliphatic rings. The zero-order valence-electron chi connectivity index (χ0n) is 21.7. The molecule has 0 fully saturated rings. The molecule has 0 radical (unpaired) electrons. The fourth-order valence-corrected chi connectivity index (χ4v) is 3.20. The van der Waals surface area contributed by atoms with Crippen molar-refractivity contribution in [2.75, 3.05) is 0 Å².